The van der Waals surface area contributed by atoms with E-state index in [1.54, 1.807) is 0 Å². The molecule has 0 aliphatic carbocycles. The van der Waals surface area contributed by atoms with Crippen LogP contribution >= 0.6 is 0 Å². The summed E-state index contributed by atoms with van der Waals surface area (Å²) in [5.74, 6) is 0. The summed E-state index contributed by atoms with van der Waals surface area (Å²) >= 11 is 0. The van der Waals surface area contributed by atoms with E-state index in [0.717, 1.165) is 12.8 Å². The first kappa shape index (κ1) is 24.0. The second kappa shape index (κ2) is 30.7. The fraction of sp³-hybridized carbons (Fsp3) is 1.00. The number of aliphatic hydroxyl groups excluding tert-OH is 2. The molecule has 2 N–H and O–H groups in total. The maximum Gasteiger partial charge on any atom is 0.0431 e. The lowest BCUT2D eigenvalue weighted by Crippen LogP contribution is -1.82. The summed E-state index contributed by atoms with van der Waals surface area (Å²) in [6, 6.07) is 0. The molecule has 2 heteroatoms. The zero-order chi connectivity index (χ0) is 15.2. The minimum Gasteiger partial charge on any atom is -0.396 e. The summed E-state index contributed by atoms with van der Waals surface area (Å²) in [5, 5.41) is 16.3. The molecule has 0 radical (unpaired) electrons. The molecule has 0 unspecified atom stereocenters. The highest BCUT2D eigenvalue weighted by atomic mass is 16.3. The van der Waals surface area contributed by atoms with Crippen LogP contribution in [0.4, 0.5) is 0 Å². The molecule has 0 aromatic rings. The van der Waals surface area contributed by atoms with Crippen molar-refractivity contribution in [3.05, 3.63) is 0 Å². The van der Waals surface area contributed by atoms with Crippen molar-refractivity contribution in [2.45, 2.75) is 98.3 Å². The first-order valence-electron chi connectivity index (χ1n) is 8.46. The van der Waals surface area contributed by atoms with E-state index in [2.05, 4.69) is 20.8 Å². The van der Waals surface area contributed by atoms with Crippen LogP contribution in [0.15, 0.2) is 0 Å². The summed E-state index contributed by atoms with van der Waals surface area (Å²) in [5.41, 5.74) is 0. The molecule has 0 fully saturated rings. The standard InChI is InChI=1S/C8H18O.C6H14.C3H8O/c1-2-3-4-5-6-7-8-9;1-3-5-6-4-2;1-2-3-4/h9H,2-8H2,1H3;3-6H2,1-2H3;4H,2-3H2,1H3. The molecule has 0 saturated heterocycles. The van der Waals surface area contributed by atoms with Gasteiger partial charge in [0.25, 0.3) is 0 Å². The first-order chi connectivity index (χ1) is 9.24. The molecular formula is C17H40O2. The SMILES string of the molecule is CCCCCC.CCCCCCCCO.CCCO. The van der Waals surface area contributed by atoms with Crippen molar-refractivity contribution in [3.63, 3.8) is 0 Å². The van der Waals surface area contributed by atoms with Gasteiger partial charge in [0.05, 0.1) is 0 Å². The van der Waals surface area contributed by atoms with Crippen LogP contribution in [0.5, 0.6) is 0 Å². The highest BCUT2D eigenvalue weighted by Gasteiger charge is 1.86. The fourth-order valence-corrected chi connectivity index (χ4v) is 1.39. The second-order valence-corrected chi connectivity index (χ2v) is 4.92. The van der Waals surface area contributed by atoms with Crippen molar-refractivity contribution in [2.24, 2.45) is 0 Å². The predicted molar refractivity (Wildman–Crippen MR) is 87.7 cm³/mol. The van der Waals surface area contributed by atoms with Gasteiger partial charge >= 0.3 is 0 Å². The summed E-state index contributed by atoms with van der Waals surface area (Å²) in [4.78, 5) is 0. The molecule has 0 bridgehead atoms. The van der Waals surface area contributed by atoms with Crippen LogP contribution in [-0.4, -0.2) is 23.4 Å². The number of aliphatic hydroxyl groups is 2. The summed E-state index contributed by atoms with van der Waals surface area (Å²) in [6.45, 7) is 9.30. The fourth-order valence-electron chi connectivity index (χ4n) is 1.39. The Morgan fingerprint density at radius 2 is 0.737 bits per heavy atom. The molecule has 19 heavy (non-hydrogen) atoms. The van der Waals surface area contributed by atoms with Gasteiger partial charge in [-0.2, -0.15) is 0 Å². The molecule has 0 aliphatic rings. The minimum absolute atomic E-state index is 0.319. The molecular weight excluding hydrogens is 236 g/mol. The van der Waals surface area contributed by atoms with Crippen LogP contribution < -0.4 is 0 Å². The van der Waals surface area contributed by atoms with Gasteiger partial charge in [-0.3, -0.25) is 0 Å². The zero-order valence-electron chi connectivity index (χ0n) is 14.1. The van der Waals surface area contributed by atoms with Gasteiger partial charge in [0.2, 0.25) is 0 Å². The average molecular weight is 277 g/mol. The average Bonchev–Trinajstić information content (AvgIpc) is 2.46. The highest BCUT2D eigenvalue weighted by Crippen LogP contribution is 2.03. The van der Waals surface area contributed by atoms with Crippen LogP contribution in [0.1, 0.15) is 98.3 Å². The summed E-state index contributed by atoms with van der Waals surface area (Å²) in [6.07, 6.45) is 13.9. The van der Waals surface area contributed by atoms with E-state index in [0.29, 0.717) is 13.2 Å². The zero-order valence-corrected chi connectivity index (χ0v) is 14.1. The Labute approximate surface area is 122 Å². The van der Waals surface area contributed by atoms with Crippen molar-refractivity contribution >= 4 is 0 Å². The molecule has 0 aromatic carbocycles. The van der Waals surface area contributed by atoms with Crippen molar-refractivity contribution in [1.29, 1.82) is 0 Å². The van der Waals surface area contributed by atoms with Crippen molar-refractivity contribution < 1.29 is 10.2 Å². The molecule has 0 aliphatic heterocycles. The topological polar surface area (TPSA) is 40.5 Å². The third-order valence-corrected chi connectivity index (χ3v) is 2.69. The van der Waals surface area contributed by atoms with Gasteiger partial charge in [-0.1, -0.05) is 85.5 Å². The van der Waals surface area contributed by atoms with Gasteiger partial charge in [-0.15, -0.1) is 0 Å². The molecule has 0 saturated carbocycles. The van der Waals surface area contributed by atoms with Crippen molar-refractivity contribution in [2.75, 3.05) is 13.2 Å². The highest BCUT2D eigenvalue weighted by molar-refractivity contribution is 4.41. The van der Waals surface area contributed by atoms with E-state index < -0.39 is 0 Å². The number of hydrogen-bond donors (Lipinski definition) is 2. The Bertz CT molecular complexity index is 93.4. The van der Waals surface area contributed by atoms with Crippen LogP contribution in [0.2, 0.25) is 0 Å². The van der Waals surface area contributed by atoms with E-state index in [9.17, 15) is 0 Å². The second-order valence-electron chi connectivity index (χ2n) is 4.92. The first-order valence-corrected chi connectivity index (χ1v) is 8.46. The van der Waals surface area contributed by atoms with Crippen LogP contribution in [0.3, 0.4) is 0 Å². The largest absolute Gasteiger partial charge is 0.396 e. The molecule has 0 spiro atoms. The van der Waals surface area contributed by atoms with Crippen LogP contribution in [0, 0.1) is 0 Å². The van der Waals surface area contributed by atoms with E-state index in [-0.39, 0.29) is 0 Å². The Kier molecular flexibility index (Phi) is 38.8. The Balaban J connectivity index is -0.000000222. The predicted octanol–water partition coefficient (Wildman–Crippen LogP) is 5.31. The van der Waals surface area contributed by atoms with Gasteiger partial charge in [0.1, 0.15) is 0 Å². The molecule has 2 nitrogen and oxygen atoms in total. The Morgan fingerprint density at radius 1 is 0.421 bits per heavy atom. The van der Waals surface area contributed by atoms with Crippen molar-refractivity contribution in [1.82, 2.24) is 0 Å². The quantitative estimate of drug-likeness (QED) is 0.530. The normalized spacial score (nSPS) is 9.16. The van der Waals surface area contributed by atoms with Crippen LogP contribution in [-0.2, 0) is 0 Å². The van der Waals surface area contributed by atoms with E-state index >= 15 is 0 Å². The maximum absolute atomic E-state index is 8.42. The van der Waals surface area contributed by atoms with E-state index in [1.807, 2.05) is 6.92 Å². The minimum atomic E-state index is 0.319. The molecule has 0 amide bonds. The molecule has 120 valence electrons. The van der Waals surface area contributed by atoms with E-state index in [4.69, 9.17) is 10.2 Å². The van der Waals surface area contributed by atoms with Crippen molar-refractivity contribution in [3.8, 4) is 0 Å². The Morgan fingerprint density at radius 3 is 1.05 bits per heavy atom. The number of rotatable bonds is 10. The van der Waals surface area contributed by atoms with Gasteiger partial charge in [0, 0.05) is 13.2 Å². The van der Waals surface area contributed by atoms with Gasteiger partial charge in [-0.05, 0) is 12.8 Å². The number of hydrogen-bond acceptors (Lipinski definition) is 2. The monoisotopic (exact) mass is 276 g/mol. The Hall–Kier alpha value is -0.0800. The summed E-state index contributed by atoms with van der Waals surface area (Å²) < 4.78 is 0. The molecule has 0 atom stereocenters. The molecule has 0 aromatic heterocycles. The lowest BCUT2D eigenvalue weighted by molar-refractivity contribution is 0.282. The smallest absolute Gasteiger partial charge is 0.0431 e. The van der Waals surface area contributed by atoms with E-state index in [1.165, 1.54) is 57.8 Å². The lowest BCUT2D eigenvalue weighted by Gasteiger charge is -1.95. The lowest BCUT2D eigenvalue weighted by atomic mass is 10.1. The third kappa shape index (κ3) is 46.2. The van der Waals surface area contributed by atoms with Crippen LogP contribution in [0.25, 0.3) is 0 Å². The summed E-state index contributed by atoms with van der Waals surface area (Å²) in [7, 11) is 0. The maximum atomic E-state index is 8.42. The molecule has 0 rings (SSSR count). The number of unbranched alkanes of at least 4 members (excludes halogenated alkanes) is 8. The van der Waals surface area contributed by atoms with Gasteiger partial charge in [-0.25, -0.2) is 0 Å². The molecule has 0 heterocycles. The van der Waals surface area contributed by atoms with Gasteiger partial charge in [0.15, 0.2) is 0 Å². The van der Waals surface area contributed by atoms with Gasteiger partial charge < -0.3 is 10.2 Å². The third-order valence-electron chi connectivity index (χ3n) is 2.69.